The quantitative estimate of drug-likeness (QED) is 0.775. The molecule has 1 fully saturated rings. The fourth-order valence-corrected chi connectivity index (χ4v) is 2.80. The van der Waals surface area contributed by atoms with Gasteiger partial charge in [0.1, 0.15) is 0 Å². The zero-order chi connectivity index (χ0) is 12.1. The van der Waals surface area contributed by atoms with Gasteiger partial charge in [-0.1, -0.05) is 20.8 Å². The summed E-state index contributed by atoms with van der Waals surface area (Å²) in [7, 11) is 4.42. The molecule has 96 valence electrons. The SMILES string of the molecule is CNC1CCC(C)CC1N(C)CCC(C)C. The second-order valence-electron chi connectivity index (χ2n) is 6.04. The largest absolute Gasteiger partial charge is 0.315 e. The lowest BCUT2D eigenvalue weighted by atomic mass is 9.82. The summed E-state index contributed by atoms with van der Waals surface area (Å²) in [6.07, 6.45) is 5.41. The van der Waals surface area contributed by atoms with E-state index in [0.29, 0.717) is 6.04 Å². The Kier molecular flexibility index (Phi) is 5.77. The average Bonchev–Trinajstić information content (AvgIpc) is 2.25. The van der Waals surface area contributed by atoms with Crippen LogP contribution in [-0.4, -0.2) is 37.6 Å². The summed E-state index contributed by atoms with van der Waals surface area (Å²) in [5, 5.41) is 3.50. The molecule has 0 aromatic rings. The standard InChI is InChI=1S/C14H30N2/c1-11(2)8-9-16(5)14-10-12(3)6-7-13(14)15-4/h11-15H,6-10H2,1-5H3. The van der Waals surface area contributed by atoms with Crippen molar-refractivity contribution >= 4 is 0 Å². The van der Waals surface area contributed by atoms with E-state index in [9.17, 15) is 0 Å². The maximum Gasteiger partial charge on any atom is 0.0248 e. The van der Waals surface area contributed by atoms with Crippen LogP contribution in [-0.2, 0) is 0 Å². The van der Waals surface area contributed by atoms with Crippen molar-refractivity contribution in [2.24, 2.45) is 11.8 Å². The van der Waals surface area contributed by atoms with Crippen molar-refractivity contribution < 1.29 is 0 Å². The lowest BCUT2D eigenvalue weighted by Gasteiger charge is -2.40. The van der Waals surface area contributed by atoms with Crippen LogP contribution in [0.15, 0.2) is 0 Å². The third-order valence-corrected chi connectivity index (χ3v) is 4.07. The number of nitrogens with zero attached hydrogens (tertiary/aromatic N) is 1. The van der Waals surface area contributed by atoms with Gasteiger partial charge in [0.05, 0.1) is 0 Å². The normalized spacial score (nSPS) is 31.3. The minimum absolute atomic E-state index is 0.702. The Balaban J connectivity index is 2.46. The van der Waals surface area contributed by atoms with Crippen LogP contribution in [0.5, 0.6) is 0 Å². The van der Waals surface area contributed by atoms with Crippen LogP contribution >= 0.6 is 0 Å². The van der Waals surface area contributed by atoms with Gasteiger partial charge in [0.2, 0.25) is 0 Å². The third-order valence-electron chi connectivity index (χ3n) is 4.07. The van der Waals surface area contributed by atoms with Crippen molar-refractivity contribution in [1.82, 2.24) is 10.2 Å². The molecule has 2 heteroatoms. The summed E-state index contributed by atoms with van der Waals surface area (Å²) in [4.78, 5) is 2.58. The molecule has 3 atom stereocenters. The summed E-state index contributed by atoms with van der Waals surface area (Å²) in [6.45, 7) is 8.27. The van der Waals surface area contributed by atoms with Gasteiger partial charge in [-0.2, -0.15) is 0 Å². The molecule has 3 unspecified atom stereocenters. The van der Waals surface area contributed by atoms with Crippen LogP contribution in [0.2, 0.25) is 0 Å². The fourth-order valence-electron chi connectivity index (χ4n) is 2.80. The maximum absolute atomic E-state index is 3.50. The summed E-state index contributed by atoms with van der Waals surface area (Å²) in [5.41, 5.74) is 0. The summed E-state index contributed by atoms with van der Waals surface area (Å²) < 4.78 is 0. The first-order valence-corrected chi connectivity index (χ1v) is 6.92. The Morgan fingerprint density at radius 2 is 2.00 bits per heavy atom. The van der Waals surface area contributed by atoms with E-state index in [1.165, 1.54) is 32.2 Å². The van der Waals surface area contributed by atoms with Crippen molar-refractivity contribution in [3.63, 3.8) is 0 Å². The van der Waals surface area contributed by atoms with E-state index in [0.717, 1.165) is 17.9 Å². The van der Waals surface area contributed by atoms with Crippen molar-refractivity contribution in [2.75, 3.05) is 20.6 Å². The smallest absolute Gasteiger partial charge is 0.0248 e. The van der Waals surface area contributed by atoms with E-state index in [1.807, 2.05) is 0 Å². The second kappa shape index (κ2) is 6.61. The Morgan fingerprint density at radius 1 is 1.31 bits per heavy atom. The Bertz CT molecular complexity index is 191. The molecule has 0 aromatic carbocycles. The molecular formula is C14H30N2. The monoisotopic (exact) mass is 226 g/mol. The Labute approximate surface area is 102 Å². The van der Waals surface area contributed by atoms with Gasteiger partial charge < -0.3 is 10.2 Å². The Hall–Kier alpha value is -0.0800. The van der Waals surface area contributed by atoms with Gasteiger partial charge in [0, 0.05) is 12.1 Å². The van der Waals surface area contributed by atoms with Crippen LogP contribution in [0.3, 0.4) is 0 Å². The molecule has 1 aliphatic carbocycles. The first kappa shape index (κ1) is 14.0. The minimum Gasteiger partial charge on any atom is -0.315 e. The van der Waals surface area contributed by atoms with Crippen LogP contribution < -0.4 is 5.32 Å². The third kappa shape index (κ3) is 4.06. The molecule has 0 heterocycles. The van der Waals surface area contributed by atoms with Crippen molar-refractivity contribution in [3.8, 4) is 0 Å². The number of rotatable bonds is 5. The predicted octanol–water partition coefficient (Wildman–Crippen LogP) is 2.74. The van der Waals surface area contributed by atoms with E-state index in [-0.39, 0.29) is 0 Å². The molecule has 16 heavy (non-hydrogen) atoms. The van der Waals surface area contributed by atoms with E-state index < -0.39 is 0 Å². The number of nitrogens with one attached hydrogen (secondary N) is 1. The molecule has 0 aromatic heterocycles. The summed E-state index contributed by atoms with van der Waals surface area (Å²) in [6, 6.07) is 1.45. The molecule has 1 N–H and O–H groups in total. The molecule has 1 aliphatic rings. The van der Waals surface area contributed by atoms with Gasteiger partial charge in [-0.3, -0.25) is 0 Å². The van der Waals surface area contributed by atoms with Gasteiger partial charge in [-0.15, -0.1) is 0 Å². The predicted molar refractivity (Wildman–Crippen MR) is 71.7 cm³/mol. The molecule has 1 saturated carbocycles. The molecule has 0 saturated heterocycles. The van der Waals surface area contributed by atoms with E-state index in [2.05, 4.69) is 45.1 Å². The topological polar surface area (TPSA) is 15.3 Å². The van der Waals surface area contributed by atoms with Gasteiger partial charge in [0.15, 0.2) is 0 Å². The number of hydrogen-bond donors (Lipinski definition) is 1. The number of hydrogen-bond acceptors (Lipinski definition) is 2. The van der Waals surface area contributed by atoms with Crippen molar-refractivity contribution in [3.05, 3.63) is 0 Å². The molecular weight excluding hydrogens is 196 g/mol. The van der Waals surface area contributed by atoms with Crippen LogP contribution in [0.4, 0.5) is 0 Å². The van der Waals surface area contributed by atoms with Gasteiger partial charge >= 0.3 is 0 Å². The zero-order valence-corrected chi connectivity index (χ0v) is 11.8. The molecule has 0 amide bonds. The minimum atomic E-state index is 0.702. The molecule has 0 radical (unpaired) electrons. The van der Waals surface area contributed by atoms with Crippen molar-refractivity contribution in [1.29, 1.82) is 0 Å². The molecule has 2 nitrogen and oxygen atoms in total. The van der Waals surface area contributed by atoms with E-state index >= 15 is 0 Å². The average molecular weight is 226 g/mol. The van der Waals surface area contributed by atoms with Crippen LogP contribution in [0.1, 0.15) is 46.5 Å². The summed E-state index contributed by atoms with van der Waals surface area (Å²) in [5.74, 6) is 1.72. The van der Waals surface area contributed by atoms with E-state index in [4.69, 9.17) is 0 Å². The van der Waals surface area contributed by atoms with Gasteiger partial charge in [0.25, 0.3) is 0 Å². The molecule has 1 rings (SSSR count). The first-order chi connectivity index (χ1) is 7.54. The second-order valence-corrected chi connectivity index (χ2v) is 6.04. The molecule has 0 aliphatic heterocycles. The van der Waals surface area contributed by atoms with Crippen LogP contribution in [0, 0.1) is 11.8 Å². The number of likely N-dealkylation sites (N-methyl/N-ethyl adjacent to an activating group) is 2. The maximum atomic E-state index is 3.50. The zero-order valence-electron chi connectivity index (χ0n) is 11.8. The van der Waals surface area contributed by atoms with E-state index in [1.54, 1.807) is 0 Å². The molecule has 0 bridgehead atoms. The molecule has 0 spiro atoms. The van der Waals surface area contributed by atoms with Gasteiger partial charge in [-0.05, 0) is 58.2 Å². The summed E-state index contributed by atoms with van der Waals surface area (Å²) >= 11 is 0. The Morgan fingerprint density at radius 3 is 2.56 bits per heavy atom. The highest BCUT2D eigenvalue weighted by atomic mass is 15.2. The van der Waals surface area contributed by atoms with Crippen LogP contribution in [0.25, 0.3) is 0 Å². The van der Waals surface area contributed by atoms with Crippen molar-refractivity contribution in [2.45, 2.75) is 58.5 Å². The fraction of sp³-hybridized carbons (Fsp3) is 1.00. The highest BCUT2D eigenvalue weighted by Gasteiger charge is 2.30. The van der Waals surface area contributed by atoms with Gasteiger partial charge in [-0.25, -0.2) is 0 Å². The lowest BCUT2D eigenvalue weighted by Crippen LogP contribution is -2.51. The lowest BCUT2D eigenvalue weighted by molar-refractivity contribution is 0.124. The first-order valence-electron chi connectivity index (χ1n) is 6.92. The highest BCUT2D eigenvalue weighted by Crippen LogP contribution is 2.27. The highest BCUT2D eigenvalue weighted by molar-refractivity contribution is 4.88.